The summed E-state index contributed by atoms with van der Waals surface area (Å²) in [6.45, 7) is 3.47. The molecule has 1 saturated heterocycles. The number of nitriles is 1. The van der Waals surface area contributed by atoms with E-state index in [-0.39, 0.29) is 5.91 Å². The van der Waals surface area contributed by atoms with Crippen LogP contribution >= 0.6 is 11.6 Å². The Bertz CT molecular complexity index is 957. The lowest BCUT2D eigenvalue weighted by atomic mass is 9.79. The molecule has 0 radical (unpaired) electrons. The molecular formula is C22H23ClN4O. The van der Waals surface area contributed by atoms with E-state index in [2.05, 4.69) is 27.3 Å². The van der Waals surface area contributed by atoms with Crippen molar-refractivity contribution in [1.82, 2.24) is 4.98 Å². The molecule has 0 saturated carbocycles. The Labute approximate surface area is 170 Å². The molecule has 2 heterocycles. The van der Waals surface area contributed by atoms with Gasteiger partial charge in [-0.15, -0.1) is 0 Å². The van der Waals surface area contributed by atoms with Crippen LogP contribution in [0.1, 0.15) is 43.0 Å². The molecule has 0 spiro atoms. The second-order valence-corrected chi connectivity index (χ2v) is 8.39. The fourth-order valence-corrected chi connectivity index (χ4v) is 4.29. The number of aromatic nitrogens is 1. The van der Waals surface area contributed by atoms with Crippen molar-refractivity contribution >= 4 is 28.9 Å². The summed E-state index contributed by atoms with van der Waals surface area (Å²) in [5.74, 6) is 0.0449. The van der Waals surface area contributed by atoms with Crippen LogP contribution in [0.3, 0.4) is 0 Å². The third-order valence-corrected chi connectivity index (χ3v) is 6.25. The van der Waals surface area contributed by atoms with Crippen LogP contribution in [0.15, 0.2) is 30.5 Å². The molecule has 1 fully saturated rings. The molecule has 1 amide bonds. The van der Waals surface area contributed by atoms with Crippen molar-refractivity contribution < 1.29 is 4.79 Å². The summed E-state index contributed by atoms with van der Waals surface area (Å²) < 4.78 is 0. The maximum Gasteiger partial charge on any atom is 0.230 e. The molecule has 0 atom stereocenters. The summed E-state index contributed by atoms with van der Waals surface area (Å²) in [5, 5.41) is 13.0. The number of carbonyl (C=O) groups excluding carboxylic acids is 1. The molecule has 6 heteroatoms. The summed E-state index contributed by atoms with van der Waals surface area (Å²) in [6.07, 6.45) is 6.44. The van der Waals surface area contributed by atoms with Gasteiger partial charge in [0.05, 0.1) is 28.6 Å². The van der Waals surface area contributed by atoms with Gasteiger partial charge in [-0.3, -0.25) is 9.78 Å². The quantitative estimate of drug-likeness (QED) is 0.840. The minimum Gasteiger partial charge on any atom is -0.370 e. The van der Waals surface area contributed by atoms with Crippen molar-refractivity contribution in [2.24, 2.45) is 5.41 Å². The van der Waals surface area contributed by atoms with Crippen molar-refractivity contribution in [1.29, 1.82) is 5.26 Å². The largest absolute Gasteiger partial charge is 0.370 e. The monoisotopic (exact) mass is 394 g/mol. The predicted molar refractivity (Wildman–Crippen MR) is 111 cm³/mol. The molecule has 144 valence electrons. The van der Waals surface area contributed by atoms with E-state index in [1.54, 1.807) is 18.3 Å². The molecule has 2 aliphatic rings. The molecule has 1 aliphatic carbocycles. The third-order valence-electron chi connectivity index (χ3n) is 6.01. The van der Waals surface area contributed by atoms with Crippen LogP contribution in [0.4, 0.5) is 11.4 Å². The van der Waals surface area contributed by atoms with Crippen LogP contribution in [-0.2, 0) is 17.6 Å². The van der Waals surface area contributed by atoms with E-state index in [1.807, 2.05) is 13.0 Å². The Morgan fingerprint density at radius 2 is 2.07 bits per heavy atom. The Hall–Kier alpha value is -2.58. The molecular weight excluding hydrogens is 372 g/mol. The predicted octanol–water partition coefficient (Wildman–Crippen LogP) is 4.34. The average molecular weight is 395 g/mol. The summed E-state index contributed by atoms with van der Waals surface area (Å²) >= 11 is 6.01. The van der Waals surface area contributed by atoms with Gasteiger partial charge in [0, 0.05) is 23.8 Å². The number of hydrogen-bond donors (Lipinski definition) is 1. The number of piperidine rings is 1. The first-order chi connectivity index (χ1) is 13.5. The van der Waals surface area contributed by atoms with Gasteiger partial charge in [0.15, 0.2) is 0 Å². The van der Waals surface area contributed by atoms with Gasteiger partial charge < -0.3 is 10.2 Å². The highest BCUT2D eigenvalue weighted by molar-refractivity contribution is 6.30. The molecule has 28 heavy (non-hydrogen) atoms. The molecule has 4 rings (SSSR count). The Morgan fingerprint density at radius 1 is 1.29 bits per heavy atom. The molecule has 1 aliphatic heterocycles. The number of fused-ring (bicyclic) bond motifs is 1. The number of anilines is 2. The minimum atomic E-state index is -0.436. The summed E-state index contributed by atoms with van der Waals surface area (Å²) in [6, 6.07) is 9.67. The number of nitrogens with zero attached hydrogens (tertiary/aromatic N) is 3. The maximum absolute atomic E-state index is 13.0. The standard InChI is InChI=1S/C22H23ClN4O/c1-22(21(28)26-18-12-15-3-2-4-19(15)25-14-18)7-9-27(10-8-22)20-6-5-17(23)11-16(20)13-24/h5-6,11-12,14H,2-4,7-10H2,1H3,(H,26,28). The highest BCUT2D eigenvalue weighted by Crippen LogP contribution is 2.36. The second-order valence-electron chi connectivity index (χ2n) is 7.96. The van der Waals surface area contributed by atoms with Gasteiger partial charge in [-0.05, 0) is 61.9 Å². The summed E-state index contributed by atoms with van der Waals surface area (Å²) in [7, 11) is 0. The van der Waals surface area contributed by atoms with E-state index in [0.717, 1.165) is 62.3 Å². The maximum atomic E-state index is 13.0. The average Bonchev–Trinajstić information content (AvgIpc) is 3.16. The van der Waals surface area contributed by atoms with Crippen molar-refractivity contribution in [3.05, 3.63) is 52.3 Å². The molecule has 1 N–H and O–H groups in total. The lowest BCUT2D eigenvalue weighted by Gasteiger charge is -2.39. The first kappa shape index (κ1) is 18.8. The van der Waals surface area contributed by atoms with Gasteiger partial charge in [0.2, 0.25) is 5.91 Å². The molecule has 1 aromatic carbocycles. The molecule has 2 aromatic rings. The van der Waals surface area contributed by atoms with Crippen molar-refractivity contribution in [3.63, 3.8) is 0 Å². The Kier molecular flexibility index (Phi) is 4.99. The lowest BCUT2D eigenvalue weighted by Crippen LogP contribution is -2.45. The van der Waals surface area contributed by atoms with Gasteiger partial charge in [-0.1, -0.05) is 18.5 Å². The first-order valence-electron chi connectivity index (χ1n) is 9.72. The topological polar surface area (TPSA) is 69.0 Å². The van der Waals surface area contributed by atoms with E-state index in [0.29, 0.717) is 10.6 Å². The van der Waals surface area contributed by atoms with Crippen LogP contribution in [-0.4, -0.2) is 24.0 Å². The van der Waals surface area contributed by atoms with Crippen LogP contribution in [0, 0.1) is 16.7 Å². The second kappa shape index (κ2) is 7.44. The summed E-state index contributed by atoms with van der Waals surface area (Å²) in [5.41, 5.74) is 4.23. The number of carbonyl (C=O) groups is 1. The number of halogens is 1. The SMILES string of the molecule is CC1(C(=O)Nc2cnc3c(c2)CCC3)CCN(c2ccc(Cl)cc2C#N)CC1. The fraction of sp³-hybridized carbons (Fsp3) is 0.409. The van der Waals surface area contributed by atoms with Crippen LogP contribution in [0.5, 0.6) is 0 Å². The van der Waals surface area contributed by atoms with Gasteiger partial charge in [-0.2, -0.15) is 5.26 Å². The van der Waals surface area contributed by atoms with Gasteiger partial charge in [0.1, 0.15) is 6.07 Å². The zero-order valence-corrected chi connectivity index (χ0v) is 16.7. The van der Waals surface area contributed by atoms with Crippen LogP contribution in [0.25, 0.3) is 0 Å². The normalized spacial score (nSPS) is 17.7. The fourth-order valence-electron chi connectivity index (χ4n) is 4.12. The van der Waals surface area contributed by atoms with Crippen molar-refractivity contribution in [3.8, 4) is 6.07 Å². The number of pyridine rings is 1. The van der Waals surface area contributed by atoms with Crippen LogP contribution < -0.4 is 10.2 Å². The van der Waals surface area contributed by atoms with E-state index >= 15 is 0 Å². The zero-order valence-electron chi connectivity index (χ0n) is 16.0. The van der Waals surface area contributed by atoms with Crippen molar-refractivity contribution in [2.75, 3.05) is 23.3 Å². The number of aryl methyl sites for hydroxylation is 2. The van der Waals surface area contributed by atoms with E-state index in [1.165, 1.54) is 5.56 Å². The smallest absolute Gasteiger partial charge is 0.230 e. The molecule has 1 aromatic heterocycles. The number of benzene rings is 1. The highest BCUT2D eigenvalue weighted by atomic mass is 35.5. The minimum absolute atomic E-state index is 0.0449. The third kappa shape index (κ3) is 3.57. The lowest BCUT2D eigenvalue weighted by molar-refractivity contribution is -0.125. The van der Waals surface area contributed by atoms with E-state index in [4.69, 9.17) is 11.6 Å². The molecule has 5 nitrogen and oxygen atoms in total. The highest BCUT2D eigenvalue weighted by Gasteiger charge is 2.37. The number of amides is 1. The van der Waals surface area contributed by atoms with Gasteiger partial charge in [0.25, 0.3) is 0 Å². The van der Waals surface area contributed by atoms with Crippen molar-refractivity contribution in [2.45, 2.75) is 39.0 Å². The summed E-state index contributed by atoms with van der Waals surface area (Å²) in [4.78, 5) is 19.6. The zero-order chi connectivity index (χ0) is 19.7. The molecule has 0 unspecified atom stereocenters. The van der Waals surface area contributed by atoms with Crippen LogP contribution in [0.2, 0.25) is 5.02 Å². The van der Waals surface area contributed by atoms with Gasteiger partial charge in [-0.25, -0.2) is 0 Å². The number of rotatable bonds is 3. The first-order valence-corrected chi connectivity index (χ1v) is 10.1. The number of hydrogen-bond acceptors (Lipinski definition) is 4. The van der Waals surface area contributed by atoms with E-state index in [9.17, 15) is 10.1 Å². The Balaban J connectivity index is 1.43. The van der Waals surface area contributed by atoms with E-state index < -0.39 is 5.41 Å². The van der Waals surface area contributed by atoms with Gasteiger partial charge >= 0.3 is 0 Å². The molecule has 0 bridgehead atoms. The Morgan fingerprint density at radius 3 is 2.82 bits per heavy atom. The number of nitrogens with one attached hydrogen (secondary N) is 1.